The SMILES string of the molecule is O=C(Nc1cnn2cnccc12)c1cc2c[nH]nc2cc1OC1CC1. The second kappa shape index (κ2) is 5.30. The first-order valence-corrected chi connectivity index (χ1v) is 8.01. The second-order valence-electron chi connectivity index (χ2n) is 6.03. The number of hydrogen-bond acceptors (Lipinski definition) is 5. The van der Waals surface area contributed by atoms with Crippen LogP contribution < -0.4 is 10.1 Å². The standard InChI is InChI=1S/C17H14N6O2/c24-17(21-14-8-20-23-9-18-4-3-15(14)23)12-5-10-7-19-22-13(10)6-16(12)25-11-1-2-11/h3-9,11H,1-2H2,(H,19,22)(H,21,24). The molecule has 0 aliphatic heterocycles. The minimum absolute atomic E-state index is 0.186. The van der Waals surface area contributed by atoms with Crippen molar-refractivity contribution in [2.24, 2.45) is 0 Å². The van der Waals surface area contributed by atoms with Crippen LogP contribution in [0.1, 0.15) is 23.2 Å². The van der Waals surface area contributed by atoms with Crippen LogP contribution in [0, 0.1) is 0 Å². The van der Waals surface area contributed by atoms with Crippen LogP contribution in [0.2, 0.25) is 0 Å². The van der Waals surface area contributed by atoms with Crippen molar-refractivity contribution in [2.45, 2.75) is 18.9 Å². The summed E-state index contributed by atoms with van der Waals surface area (Å²) >= 11 is 0. The fraction of sp³-hybridized carbons (Fsp3) is 0.176. The molecule has 0 bridgehead atoms. The minimum atomic E-state index is -0.245. The summed E-state index contributed by atoms with van der Waals surface area (Å²) in [4.78, 5) is 16.9. The van der Waals surface area contributed by atoms with Gasteiger partial charge >= 0.3 is 0 Å². The molecule has 25 heavy (non-hydrogen) atoms. The Labute approximate surface area is 141 Å². The normalized spacial score (nSPS) is 14.1. The number of rotatable bonds is 4. The van der Waals surface area contributed by atoms with E-state index in [9.17, 15) is 4.79 Å². The van der Waals surface area contributed by atoms with Crippen LogP contribution in [0.4, 0.5) is 5.69 Å². The van der Waals surface area contributed by atoms with Crippen LogP contribution in [0.5, 0.6) is 5.75 Å². The third kappa shape index (κ3) is 2.47. The number of anilines is 1. The van der Waals surface area contributed by atoms with E-state index in [4.69, 9.17) is 4.74 Å². The molecule has 1 aromatic carbocycles. The van der Waals surface area contributed by atoms with Crippen molar-refractivity contribution < 1.29 is 9.53 Å². The molecule has 0 radical (unpaired) electrons. The molecule has 8 nitrogen and oxygen atoms in total. The van der Waals surface area contributed by atoms with Gasteiger partial charge in [0.15, 0.2) is 0 Å². The summed E-state index contributed by atoms with van der Waals surface area (Å²) in [5, 5.41) is 14.9. The van der Waals surface area contributed by atoms with Gasteiger partial charge in [0.2, 0.25) is 0 Å². The lowest BCUT2D eigenvalue weighted by molar-refractivity contribution is 0.102. The van der Waals surface area contributed by atoms with E-state index in [1.54, 1.807) is 47.6 Å². The van der Waals surface area contributed by atoms with Gasteiger partial charge in [0.25, 0.3) is 5.91 Å². The Morgan fingerprint density at radius 1 is 1.36 bits per heavy atom. The lowest BCUT2D eigenvalue weighted by atomic mass is 10.1. The molecule has 3 aromatic heterocycles. The van der Waals surface area contributed by atoms with E-state index >= 15 is 0 Å². The molecular formula is C17H14N6O2. The number of hydrogen-bond donors (Lipinski definition) is 2. The predicted octanol–water partition coefficient (Wildman–Crippen LogP) is 2.40. The van der Waals surface area contributed by atoms with Crippen molar-refractivity contribution in [2.75, 3.05) is 5.32 Å². The molecule has 0 saturated heterocycles. The van der Waals surface area contributed by atoms with Crippen molar-refractivity contribution in [3.63, 3.8) is 0 Å². The lowest BCUT2D eigenvalue weighted by Crippen LogP contribution is -2.14. The number of H-pyrrole nitrogens is 1. The van der Waals surface area contributed by atoms with E-state index in [1.807, 2.05) is 0 Å². The average Bonchev–Trinajstić information content (AvgIpc) is 3.17. The van der Waals surface area contributed by atoms with Gasteiger partial charge in [-0.15, -0.1) is 0 Å². The smallest absolute Gasteiger partial charge is 0.259 e. The first-order chi connectivity index (χ1) is 12.3. The topological polar surface area (TPSA) is 97.2 Å². The summed E-state index contributed by atoms with van der Waals surface area (Å²) in [6.45, 7) is 0. The fourth-order valence-corrected chi connectivity index (χ4v) is 2.74. The second-order valence-corrected chi connectivity index (χ2v) is 6.03. The Hall–Kier alpha value is -3.42. The maximum absolute atomic E-state index is 12.9. The number of aromatic amines is 1. The average molecular weight is 334 g/mol. The summed E-state index contributed by atoms with van der Waals surface area (Å²) in [6.07, 6.45) is 8.82. The van der Waals surface area contributed by atoms with Crippen molar-refractivity contribution >= 4 is 28.0 Å². The Kier molecular flexibility index (Phi) is 2.96. The van der Waals surface area contributed by atoms with E-state index < -0.39 is 0 Å². The van der Waals surface area contributed by atoms with Crippen LogP contribution in [0.25, 0.3) is 16.4 Å². The number of carbonyl (C=O) groups is 1. The van der Waals surface area contributed by atoms with E-state index in [1.165, 1.54) is 0 Å². The third-order valence-corrected chi connectivity index (χ3v) is 4.17. The highest BCUT2D eigenvalue weighted by Crippen LogP contribution is 2.32. The van der Waals surface area contributed by atoms with Crippen molar-refractivity contribution in [1.29, 1.82) is 0 Å². The Morgan fingerprint density at radius 2 is 2.28 bits per heavy atom. The summed E-state index contributed by atoms with van der Waals surface area (Å²) in [6, 6.07) is 5.39. The highest BCUT2D eigenvalue weighted by molar-refractivity contribution is 6.09. The monoisotopic (exact) mass is 334 g/mol. The molecule has 0 atom stereocenters. The molecule has 4 aromatic rings. The van der Waals surface area contributed by atoms with Crippen molar-refractivity contribution in [3.8, 4) is 5.75 Å². The Bertz CT molecular complexity index is 1090. The summed E-state index contributed by atoms with van der Waals surface area (Å²) in [5.41, 5.74) is 2.65. The number of benzene rings is 1. The first kappa shape index (κ1) is 14.0. The van der Waals surface area contributed by atoms with Crippen LogP contribution in [-0.2, 0) is 0 Å². The zero-order valence-corrected chi connectivity index (χ0v) is 13.1. The summed E-state index contributed by atoms with van der Waals surface area (Å²) in [7, 11) is 0. The van der Waals surface area contributed by atoms with E-state index in [0.717, 1.165) is 29.3 Å². The molecule has 1 saturated carbocycles. The van der Waals surface area contributed by atoms with Gasteiger partial charge < -0.3 is 10.1 Å². The number of nitrogens with one attached hydrogen (secondary N) is 2. The molecule has 5 rings (SSSR count). The molecule has 0 unspecified atom stereocenters. The van der Waals surface area contributed by atoms with Crippen LogP contribution >= 0.6 is 0 Å². The number of amides is 1. The Morgan fingerprint density at radius 3 is 3.16 bits per heavy atom. The molecule has 1 fully saturated rings. The van der Waals surface area contributed by atoms with Crippen LogP contribution in [0.3, 0.4) is 0 Å². The molecule has 1 aliphatic carbocycles. The van der Waals surface area contributed by atoms with Crippen LogP contribution in [-0.4, -0.2) is 36.8 Å². The number of carbonyl (C=O) groups excluding carboxylic acids is 1. The van der Waals surface area contributed by atoms with E-state index in [-0.39, 0.29) is 12.0 Å². The zero-order chi connectivity index (χ0) is 16.8. The Balaban J connectivity index is 1.53. The number of nitrogens with zero attached hydrogens (tertiary/aromatic N) is 4. The predicted molar refractivity (Wildman–Crippen MR) is 90.7 cm³/mol. The highest BCUT2D eigenvalue weighted by atomic mass is 16.5. The maximum Gasteiger partial charge on any atom is 0.259 e. The molecule has 8 heteroatoms. The summed E-state index contributed by atoms with van der Waals surface area (Å²) < 4.78 is 7.52. The minimum Gasteiger partial charge on any atom is -0.490 e. The van der Waals surface area contributed by atoms with Crippen molar-refractivity contribution in [3.05, 3.63) is 48.7 Å². The number of aromatic nitrogens is 5. The largest absolute Gasteiger partial charge is 0.490 e. The highest BCUT2D eigenvalue weighted by Gasteiger charge is 2.26. The van der Waals surface area contributed by atoms with Gasteiger partial charge in [0.1, 0.15) is 12.1 Å². The fourth-order valence-electron chi connectivity index (χ4n) is 2.74. The van der Waals surface area contributed by atoms with Crippen molar-refractivity contribution in [1.82, 2.24) is 24.8 Å². The van der Waals surface area contributed by atoms with Gasteiger partial charge in [-0.3, -0.25) is 9.89 Å². The van der Waals surface area contributed by atoms with Gasteiger partial charge in [0.05, 0.1) is 34.6 Å². The van der Waals surface area contributed by atoms with E-state index in [2.05, 4.69) is 25.6 Å². The van der Waals surface area contributed by atoms with Crippen LogP contribution in [0.15, 0.2) is 43.1 Å². The third-order valence-electron chi connectivity index (χ3n) is 4.17. The number of fused-ring (bicyclic) bond motifs is 2. The molecule has 124 valence electrons. The van der Waals surface area contributed by atoms with Gasteiger partial charge in [-0.05, 0) is 25.0 Å². The van der Waals surface area contributed by atoms with Gasteiger partial charge in [-0.1, -0.05) is 0 Å². The van der Waals surface area contributed by atoms with E-state index in [0.29, 0.717) is 17.0 Å². The van der Waals surface area contributed by atoms with Gasteiger partial charge in [-0.25, -0.2) is 9.50 Å². The molecule has 2 N–H and O–H groups in total. The molecular weight excluding hydrogens is 320 g/mol. The van der Waals surface area contributed by atoms with Gasteiger partial charge in [-0.2, -0.15) is 10.2 Å². The lowest BCUT2D eigenvalue weighted by Gasteiger charge is -2.11. The molecule has 1 amide bonds. The first-order valence-electron chi connectivity index (χ1n) is 8.01. The zero-order valence-electron chi connectivity index (χ0n) is 13.1. The number of ether oxygens (including phenoxy) is 1. The molecule has 3 heterocycles. The molecule has 1 aliphatic rings. The van der Waals surface area contributed by atoms with Gasteiger partial charge in [0, 0.05) is 23.8 Å². The molecule has 0 spiro atoms. The summed E-state index contributed by atoms with van der Waals surface area (Å²) in [5.74, 6) is 0.309. The quantitative estimate of drug-likeness (QED) is 0.597. The maximum atomic E-state index is 12.9.